The topological polar surface area (TPSA) is 74.8 Å². The molecule has 0 bridgehead atoms. The number of H-pyrrole nitrogens is 1. The third-order valence-electron chi connectivity index (χ3n) is 5.11. The van der Waals surface area contributed by atoms with Gasteiger partial charge < -0.3 is 10.3 Å². The van der Waals surface area contributed by atoms with E-state index in [0.717, 1.165) is 40.7 Å². The number of anilines is 1. The first kappa shape index (κ1) is 19.2. The monoisotopic (exact) mass is 413 g/mol. The van der Waals surface area contributed by atoms with Gasteiger partial charge in [-0.25, -0.2) is 4.98 Å². The van der Waals surface area contributed by atoms with Crippen LogP contribution in [0.4, 0.5) is 5.69 Å². The Balaban J connectivity index is 1.42. The standard InChI is InChI=1S/C21H23N3O2S2/c1-12-7-8-14-16(9-12)28-21-19(14)20(26)23-17(24-21)10-27-11-18(25)22-15-6-4-3-5-13(15)2/h3-6,12H,7-11H2,1-2H3,(H,22,25)(H,23,24,26)/t12-/m1/s1. The number of hydrogen-bond acceptors (Lipinski definition) is 5. The minimum absolute atomic E-state index is 0.0444. The predicted molar refractivity (Wildman–Crippen MR) is 117 cm³/mol. The van der Waals surface area contributed by atoms with E-state index < -0.39 is 0 Å². The molecule has 0 saturated heterocycles. The van der Waals surface area contributed by atoms with Crippen molar-refractivity contribution in [1.82, 2.24) is 9.97 Å². The first-order valence-electron chi connectivity index (χ1n) is 9.48. The van der Waals surface area contributed by atoms with Crippen LogP contribution in [-0.4, -0.2) is 21.6 Å². The highest BCUT2D eigenvalue weighted by Crippen LogP contribution is 2.35. The van der Waals surface area contributed by atoms with Crippen LogP contribution >= 0.6 is 23.1 Å². The molecule has 5 nitrogen and oxygen atoms in total. The lowest BCUT2D eigenvalue weighted by Gasteiger charge is -2.17. The van der Waals surface area contributed by atoms with Gasteiger partial charge in [-0.3, -0.25) is 9.59 Å². The lowest BCUT2D eigenvalue weighted by atomic mass is 9.89. The number of amides is 1. The molecule has 0 saturated carbocycles. The van der Waals surface area contributed by atoms with Gasteiger partial charge in [-0.1, -0.05) is 25.1 Å². The van der Waals surface area contributed by atoms with Crippen LogP contribution < -0.4 is 10.9 Å². The van der Waals surface area contributed by atoms with Crippen molar-refractivity contribution < 1.29 is 4.79 Å². The van der Waals surface area contributed by atoms with Gasteiger partial charge in [0.15, 0.2) is 0 Å². The smallest absolute Gasteiger partial charge is 0.259 e. The molecule has 1 amide bonds. The fourth-order valence-electron chi connectivity index (χ4n) is 3.60. The molecule has 0 unspecified atom stereocenters. The molecule has 7 heteroatoms. The zero-order chi connectivity index (χ0) is 19.7. The molecule has 3 aromatic rings. The minimum Gasteiger partial charge on any atom is -0.325 e. The summed E-state index contributed by atoms with van der Waals surface area (Å²) in [5, 5.41) is 3.70. The van der Waals surface area contributed by atoms with E-state index in [4.69, 9.17) is 0 Å². The molecule has 1 aliphatic rings. The van der Waals surface area contributed by atoms with E-state index in [0.29, 0.717) is 23.2 Å². The van der Waals surface area contributed by atoms with Crippen molar-refractivity contribution >= 4 is 44.9 Å². The molecular weight excluding hydrogens is 390 g/mol. The average Bonchev–Trinajstić information content (AvgIpc) is 3.01. The number of fused-ring (bicyclic) bond motifs is 3. The van der Waals surface area contributed by atoms with Crippen molar-refractivity contribution in [3.05, 3.63) is 56.4 Å². The van der Waals surface area contributed by atoms with Gasteiger partial charge in [0.05, 0.1) is 16.9 Å². The molecule has 2 heterocycles. The Morgan fingerprint density at radius 3 is 3.04 bits per heavy atom. The maximum Gasteiger partial charge on any atom is 0.259 e. The Morgan fingerprint density at radius 2 is 2.21 bits per heavy atom. The van der Waals surface area contributed by atoms with Gasteiger partial charge >= 0.3 is 0 Å². The van der Waals surface area contributed by atoms with Crippen LogP contribution in [0.3, 0.4) is 0 Å². The second-order valence-electron chi connectivity index (χ2n) is 7.40. The molecule has 1 aromatic carbocycles. The molecule has 2 aromatic heterocycles. The first-order valence-corrected chi connectivity index (χ1v) is 11.4. The zero-order valence-corrected chi connectivity index (χ0v) is 17.6. The summed E-state index contributed by atoms with van der Waals surface area (Å²) in [7, 11) is 0. The van der Waals surface area contributed by atoms with Gasteiger partial charge in [0.1, 0.15) is 10.7 Å². The summed E-state index contributed by atoms with van der Waals surface area (Å²) < 4.78 is 0. The van der Waals surface area contributed by atoms with Gasteiger partial charge in [-0.05, 0) is 49.3 Å². The predicted octanol–water partition coefficient (Wildman–Crippen LogP) is 4.29. The molecular formula is C21H23N3O2S2. The molecule has 146 valence electrons. The zero-order valence-electron chi connectivity index (χ0n) is 16.0. The number of thioether (sulfide) groups is 1. The van der Waals surface area contributed by atoms with Crippen molar-refractivity contribution in [3.8, 4) is 0 Å². The average molecular weight is 414 g/mol. The second kappa shape index (κ2) is 8.09. The Labute approximate surface area is 172 Å². The van der Waals surface area contributed by atoms with E-state index in [1.807, 2.05) is 31.2 Å². The van der Waals surface area contributed by atoms with E-state index in [9.17, 15) is 9.59 Å². The first-order chi connectivity index (χ1) is 13.5. The molecule has 0 aliphatic heterocycles. The summed E-state index contributed by atoms with van der Waals surface area (Å²) in [6.07, 6.45) is 3.14. The highest BCUT2D eigenvalue weighted by Gasteiger charge is 2.23. The van der Waals surface area contributed by atoms with Crippen LogP contribution in [0, 0.1) is 12.8 Å². The summed E-state index contributed by atoms with van der Waals surface area (Å²) in [5.74, 6) is 2.07. The number of hydrogen-bond donors (Lipinski definition) is 2. The SMILES string of the molecule is Cc1ccccc1NC(=O)CSCc1nc2sc3c(c2c(=O)[nH]1)CC[C@@H](C)C3. The Bertz CT molecular complexity index is 1090. The molecule has 0 spiro atoms. The Kier molecular flexibility index (Phi) is 5.55. The number of para-hydroxylation sites is 1. The normalized spacial score (nSPS) is 16.1. The molecule has 0 fully saturated rings. The van der Waals surface area contributed by atoms with Gasteiger partial charge in [0.2, 0.25) is 5.91 Å². The molecule has 4 rings (SSSR count). The van der Waals surface area contributed by atoms with Crippen molar-refractivity contribution in [3.63, 3.8) is 0 Å². The van der Waals surface area contributed by atoms with Crippen molar-refractivity contribution in [2.24, 2.45) is 5.92 Å². The number of nitrogens with zero attached hydrogens (tertiary/aromatic N) is 1. The summed E-state index contributed by atoms with van der Waals surface area (Å²) >= 11 is 3.11. The summed E-state index contributed by atoms with van der Waals surface area (Å²) in [6, 6.07) is 7.71. The number of rotatable bonds is 5. The fraction of sp³-hybridized carbons (Fsp3) is 0.381. The summed E-state index contributed by atoms with van der Waals surface area (Å²) in [5.41, 5.74) is 3.02. The number of thiophene rings is 1. The van der Waals surface area contributed by atoms with E-state index in [2.05, 4.69) is 22.2 Å². The van der Waals surface area contributed by atoms with Gasteiger partial charge in [-0.2, -0.15) is 0 Å². The number of aromatic nitrogens is 2. The number of aryl methyl sites for hydroxylation is 2. The van der Waals surface area contributed by atoms with Crippen LogP contribution in [0.2, 0.25) is 0 Å². The minimum atomic E-state index is -0.0525. The van der Waals surface area contributed by atoms with Crippen molar-refractivity contribution in [1.29, 1.82) is 0 Å². The maximum absolute atomic E-state index is 12.6. The van der Waals surface area contributed by atoms with Crippen molar-refractivity contribution in [2.45, 2.75) is 38.9 Å². The highest BCUT2D eigenvalue weighted by molar-refractivity contribution is 7.99. The van der Waals surface area contributed by atoms with E-state index in [1.54, 1.807) is 11.3 Å². The van der Waals surface area contributed by atoms with Crippen LogP contribution in [0.15, 0.2) is 29.1 Å². The second-order valence-corrected chi connectivity index (χ2v) is 9.47. The molecule has 0 radical (unpaired) electrons. The Hall–Kier alpha value is -2.12. The van der Waals surface area contributed by atoms with E-state index in [-0.39, 0.29) is 11.5 Å². The van der Waals surface area contributed by atoms with Crippen LogP contribution in [0.1, 0.15) is 35.2 Å². The Morgan fingerprint density at radius 1 is 1.39 bits per heavy atom. The number of carbonyl (C=O) groups is 1. The van der Waals surface area contributed by atoms with Gasteiger partial charge in [0.25, 0.3) is 5.56 Å². The van der Waals surface area contributed by atoms with Crippen LogP contribution in [0.25, 0.3) is 10.2 Å². The van der Waals surface area contributed by atoms with E-state index >= 15 is 0 Å². The lowest BCUT2D eigenvalue weighted by molar-refractivity contribution is -0.113. The number of carbonyl (C=O) groups excluding carboxylic acids is 1. The summed E-state index contributed by atoms with van der Waals surface area (Å²) in [4.78, 5) is 34.5. The molecule has 28 heavy (non-hydrogen) atoms. The third-order valence-corrected chi connectivity index (χ3v) is 7.20. The maximum atomic E-state index is 12.6. The molecule has 1 aliphatic carbocycles. The molecule has 2 N–H and O–H groups in total. The van der Waals surface area contributed by atoms with Gasteiger partial charge in [-0.15, -0.1) is 23.1 Å². The molecule has 1 atom stereocenters. The van der Waals surface area contributed by atoms with Crippen molar-refractivity contribution in [2.75, 3.05) is 11.1 Å². The fourth-order valence-corrected chi connectivity index (χ4v) is 5.69. The highest BCUT2D eigenvalue weighted by atomic mass is 32.2. The number of nitrogens with one attached hydrogen (secondary N) is 2. The van der Waals surface area contributed by atoms with E-state index in [1.165, 1.54) is 22.2 Å². The van der Waals surface area contributed by atoms with Crippen LogP contribution in [0.5, 0.6) is 0 Å². The van der Waals surface area contributed by atoms with Crippen LogP contribution in [-0.2, 0) is 23.4 Å². The third kappa shape index (κ3) is 4.00. The van der Waals surface area contributed by atoms with Gasteiger partial charge in [0, 0.05) is 10.6 Å². The lowest BCUT2D eigenvalue weighted by Crippen LogP contribution is -2.16. The number of benzene rings is 1. The largest absolute Gasteiger partial charge is 0.325 e. The summed E-state index contributed by atoms with van der Waals surface area (Å²) in [6.45, 7) is 4.23. The number of aromatic amines is 1. The quantitative estimate of drug-likeness (QED) is 0.654.